The SMILES string of the molecule is Cc1ccc(-c2nnc(-c3cccc(OCc4ccccc4)c3)s2)cc1Cl. The average molecular weight is 393 g/mol. The smallest absolute Gasteiger partial charge is 0.148 e. The van der Waals surface area contributed by atoms with E-state index in [1.165, 1.54) is 0 Å². The zero-order chi connectivity index (χ0) is 18.6. The molecule has 3 aromatic carbocycles. The van der Waals surface area contributed by atoms with Crippen LogP contribution in [0, 0.1) is 6.92 Å². The summed E-state index contributed by atoms with van der Waals surface area (Å²) in [6, 6.07) is 24.0. The number of aromatic nitrogens is 2. The van der Waals surface area contributed by atoms with Crippen molar-refractivity contribution >= 4 is 22.9 Å². The van der Waals surface area contributed by atoms with Crippen molar-refractivity contribution in [2.24, 2.45) is 0 Å². The van der Waals surface area contributed by atoms with Gasteiger partial charge >= 0.3 is 0 Å². The molecule has 0 unspecified atom stereocenters. The fourth-order valence-electron chi connectivity index (χ4n) is 2.64. The molecule has 27 heavy (non-hydrogen) atoms. The molecule has 3 nitrogen and oxygen atoms in total. The highest BCUT2D eigenvalue weighted by atomic mass is 35.5. The lowest BCUT2D eigenvalue weighted by molar-refractivity contribution is 0.306. The molecule has 5 heteroatoms. The van der Waals surface area contributed by atoms with Crippen LogP contribution >= 0.6 is 22.9 Å². The molecule has 0 aliphatic heterocycles. The van der Waals surface area contributed by atoms with E-state index < -0.39 is 0 Å². The summed E-state index contributed by atoms with van der Waals surface area (Å²) in [5, 5.41) is 11.1. The number of nitrogens with zero attached hydrogens (tertiary/aromatic N) is 2. The molecule has 4 rings (SSSR count). The lowest BCUT2D eigenvalue weighted by Crippen LogP contribution is -1.94. The van der Waals surface area contributed by atoms with Crippen LogP contribution in [-0.2, 0) is 6.61 Å². The van der Waals surface area contributed by atoms with Gasteiger partial charge in [-0.1, -0.05) is 77.5 Å². The number of benzene rings is 3. The molecule has 0 radical (unpaired) electrons. The third kappa shape index (κ3) is 4.18. The zero-order valence-electron chi connectivity index (χ0n) is 14.7. The van der Waals surface area contributed by atoms with E-state index in [1.807, 2.05) is 79.7 Å². The van der Waals surface area contributed by atoms with E-state index in [4.69, 9.17) is 16.3 Å². The fourth-order valence-corrected chi connectivity index (χ4v) is 3.66. The van der Waals surface area contributed by atoms with Crippen LogP contribution in [0.2, 0.25) is 5.02 Å². The van der Waals surface area contributed by atoms with Gasteiger partial charge in [0.15, 0.2) is 0 Å². The summed E-state index contributed by atoms with van der Waals surface area (Å²) < 4.78 is 5.91. The van der Waals surface area contributed by atoms with Gasteiger partial charge in [-0.2, -0.15) is 0 Å². The van der Waals surface area contributed by atoms with Crippen molar-refractivity contribution in [2.45, 2.75) is 13.5 Å². The molecule has 0 atom stereocenters. The highest BCUT2D eigenvalue weighted by Crippen LogP contribution is 2.33. The van der Waals surface area contributed by atoms with Crippen LogP contribution in [0.15, 0.2) is 72.8 Å². The minimum atomic E-state index is 0.535. The van der Waals surface area contributed by atoms with Crippen LogP contribution in [0.3, 0.4) is 0 Å². The molecule has 1 aromatic heterocycles. The normalized spacial score (nSPS) is 10.7. The van der Waals surface area contributed by atoms with Crippen molar-refractivity contribution in [3.63, 3.8) is 0 Å². The van der Waals surface area contributed by atoms with Crippen molar-refractivity contribution in [1.29, 1.82) is 0 Å². The van der Waals surface area contributed by atoms with Crippen molar-refractivity contribution in [3.05, 3.63) is 88.9 Å². The van der Waals surface area contributed by atoms with E-state index in [1.54, 1.807) is 11.3 Å². The van der Waals surface area contributed by atoms with E-state index in [9.17, 15) is 0 Å². The Morgan fingerprint density at radius 3 is 2.33 bits per heavy atom. The fraction of sp³-hybridized carbons (Fsp3) is 0.0909. The maximum absolute atomic E-state index is 6.23. The van der Waals surface area contributed by atoms with Gasteiger partial charge in [0.25, 0.3) is 0 Å². The second-order valence-electron chi connectivity index (χ2n) is 6.18. The summed E-state index contributed by atoms with van der Waals surface area (Å²) in [7, 11) is 0. The molecule has 0 aliphatic rings. The molecule has 0 saturated carbocycles. The van der Waals surface area contributed by atoms with Crippen LogP contribution in [0.4, 0.5) is 0 Å². The Bertz CT molecular complexity index is 1060. The van der Waals surface area contributed by atoms with Gasteiger partial charge in [-0.05, 0) is 36.2 Å². The Morgan fingerprint density at radius 2 is 1.59 bits per heavy atom. The Kier molecular flexibility index (Phi) is 5.19. The molecule has 0 amide bonds. The van der Waals surface area contributed by atoms with Crippen molar-refractivity contribution in [1.82, 2.24) is 10.2 Å². The third-order valence-corrected chi connectivity index (χ3v) is 5.60. The monoisotopic (exact) mass is 392 g/mol. The van der Waals surface area contributed by atoms with Crippen molar-refractivity contribution in [3.8, 4) is 26.9 Å². The molecule has 0 spiro atoms. The summed E-state index contributed by atoms with van der Waals surface area (Å²) in [6.45, 7) is 2.52. The van der Waals surface area contributed by atoms with E-state index in [0.29, 0.717) is 6.61 Å². The highest BCUT2D eigenvalue weighted by Gasteiger charge is 2.10. The standard InChI is InChI=1S/C22H17ClN2OS/c1-15-10-11-18(13-20(15)23)22-25-24-21(27-22)17-8-5-9-19(12-17)26-14-16-6-3-2-4-7-16/h2-13H,14H2,1H3. The molecule has 0 bridgehead atoms. The minimum Gasteiger partial charge on any atom is -0.489 e. The predicted molar refractivity (Wildman–Crippen MR) is 111 cm³/mol. The Morgan fingerprint density at radius 1 is 0.852 bits per heavy atom. The third-order valence-electron chi connectivity index (χ3n) is 4.17. The molecule has 0 aliphatic carbocycles. The van der Waals surface area contributed by atoms with Gasteiger partial charge < -0.3 is 4.74 Å². The number of hydrogen-bond donors (Lipinski definition) is 0. The number of ether oxygens (including phenoxy) is 1. The highest BCUT2D eigenvalue weighted by molar-refractivity contribution is 7.17. The lowest BCUT2D eigenvalue weighted by Gasteiger charge is -2.07. The molecular formula is C22H17ClN2OS. The van der Waals surface area contributed by atoms with Gasteiger partial charge in [-0.3, -0.25) is 0 Å². The van der Waals surface area contributed by atoms with Gasteiger partial charge in [0, 0.05) is 16.1 Å². The van der Waals surface area contributed by atoms with Gasteiger partial charge in [0.05, 0.1) is 0 Å². The largest absolute Gasteiger partial charge is 0.489 e. The molecule has 0 N–H and O–H groups in total. The van der Waals surface area contributed by atoms with Crippen molar-refractivity contribution < 1.29 is 4.74 Å². The molecule has 0 saturated heterocycles. The first kappa shape index (κ1) is 17.7. The second-order valence-corrected chi connectivity index (χ2v) is 7.56. The molecule has 134 valence electrons. The van der Waals surface area contributed by atoms with Crippen LogP contribution in [0.5, 0.6) is 5.75 Å². The Labute approximate surface area is 167 Å². The topological polar surface area (TPSA) is 35.0 Å². The number of rotatable bonds is 5. The van der Waals surface area contributed by atoms with Gasteiger partial charge in [0.2, 0.25) is 0 Å². The summed E-state index contributed by atoms with van der Waals surface area (Å²) in [4.78, 5) is 0. The van der Waals surface area contributed by atoms with Gasteiger partial charge in [0.1, 0.15) is 22.4 Å². The Hall–Kier alpha value is -2.69. The van der Waals surface area contributed by atoms with Crippen LogP contribution in [0.1, 0.15) is 11.1 Å². The first-order valence-corrected chi connectivity index (χ1v) is 9.76. The molecular weight excluding hydrogens is 376 g/mol. The van der Waals surface area contributed by atoms with E-state index in [0.717, 1.165) is 43.0 Å². The average Bonchev–Trinajstić information content (AvgIpc) is 3.20. The maximum Gasteiger partial charge on any atom is 0.148 e. The first-order chi connectivity index (χ1) is 13.2. The predicted octanol–water partition coefficient (Wildman–Crippen LogP) is 6.41. The van der Waals surface area contributed by atoms with E-state index >= 15 is 0 Å². The summed E-state index contributed by atoms with van der Waals surface area (Å²) in [5.41, 5.74) is 4.15. The van der Waals surface area contributed by atoms with Gasteiger partial charge in [-0.25, -0.2) is 0 Å². The molecule has 0 fully saturated rings. The lowest BCUT2D eigenvalue weighted by atomic mass is 10.2. The number of hydrogen-bond acceptors (Lipinski definition) is 4. The van der Waals surface area contributed by atoms with Crippen molar-refractivity contribution in [2.75, 3.05) is 0 Å². The van der Waals surface area contributed by atoms with E-state index in [-0.39, 0.29) is 0 Å². The Balaban J connectivity index is 1.54. The van der Waals surface area contributed by atoms with Crippen LogP contribution in [-0.4, -0.2) is 10.2 Å². The summed E-state index contributed by atoms with van der Waals surface area (Å²) >= 11 is 7.77. The maximum atomic E-state index is 6.23. The van der Waals surface area contributed by atoms with Crippen LogP contribution < -0.4 is 4.74 Å². The van der Waals surface area contributed by atoms with E-state index in [2.05, 4.69) is 10.2 Å². The summed E-state index contributed by atoms with van der Waals surface area (Å²) in [6.07, 6.45) is 0. The van der Waals surface area contributed by atoms with Crippen LogP contribution in [0.25, 0.3) is 21.1 Å². The first-order valence-electron chi connectivity index (χ1n) is 8.56. The molecule has 1 heterocycles. The quantitative estimate of drug-likeness (QED) is 0.393. The second kappa shape index (κ2) is 7.91. The van der Waals surface area contributed by atoms with Gasteiger partial charge in [-0.15, -0.1) is 10.2 Å². The zero-order valence-corrected chi connectivity index (χ0v) is 16.3. The number of halogens is 1. The molecule has 4 aromatic rings. The summed E-state index contributed by atoms with van der Waals surface area (Å²) in [5.74, 6) is 0.812. The number of aryl methyl sites for hydroxylation is 1. The minimum absolute atomic E-state index is 0.535.